The van der Waals surface area contributed by atoms with Crippen molar-refractivity contribution in [1.82, 2.24) is 24.7 Å². The van der Waals surface area contributed by atoms with E-state index in [1.54, 1.807) is 18.2 Å². The molecule has 0 radical (unpaired) electrons. The molecule has 12 heteroatoms. The highest BCUT2D eigenvalue weighted by Gasteiger charge is 2.27. The molecule has 0 saturated carbocycles. The van der Waals surface area contributed by atoms with Crippen molar-refractivity contribution >= 4 is 38.6 Å². The van der Waals surface area contributed by atoms with E-state index in [9.17, 15) is 8.42 Å². The van der Waals surface area contributed by atoms with Crippen LogP contribution < -0.4 is 4.72 Å². The van der Waals surface area contributed by atoms with Gasteiger partial charge in [0.05, 0.1) is 33.2 Å². The number of hydrogen-bond donors (Lipinski definition) is 1. The van der Waals surface area contributed by atoms with Crippen molar-refractivity contribution in [3.05, 3.63) is 58.8 Å². The maximum Gasteiger partial charge on any atom is 0.279 e. The topological polar surface area (TPSA) is 103 Å². The fourth-order valence-electron chi connectivity index (χ4n) is 3.07. The molecule has 0 unspecified atom stereocenters. The third-order valence-electron chi connectivity index (χ3n) is 4.68. The second kappa shape index (κ2) is 8.47. The number of hydrogen-bond acceptors (Lipinski definition) is 7. The minimum atomic E-state index is -4.05. The summed E-state index contributed by atoms with van der Waals surface area (Å²) in [5.41, 5.74) is 0.475. The molecule has 33 heavy (non-hydrogen) atoms. The molecule has 0 fully saturated rings. The fourth-order valence-corrected chi connectivity index (χ4v) is 5.52. The number of sulfonamides is 1. The Morgan fingerprint density at radius 3 is 2.52 bits per heavy atom. The van der Waals surface area contributed by atoms with Crippen LogP contribution in [0.25, 0.3) is 21.8 Å². The first kappa shape index (κ1) is 23.3. The number of aryl methyl sites for hydroxylation is 1. The molecular weight excluding hydrogens is 487 g/mol. The lowest BCUT2D eigenvalue weighted by Crippen LogP contribution is -2.17. The summed E-state index contributed by atoms with van der Waals surface area (Å²) < 4.78 is 44.7. The van der Waals surface area contributed by atoms with Gasteiger partial charge in [-0.2, -0.15) is 13.5 Å². The molecule has 0 bridgehead atoms. The summed E-state index contributed by atoms with van der Waals surface area (Å²) in [4.78, 5) is 13.5. The molecule has 0 aliphatic heterocycles. The van der Waals surface area contributed by atoms with Crippen molar-refractivity contribution < 1.29 is 12.8 Å². The van der Waals surface area contributed by atoms with Crippen molar-refractivity contribution in [2.24, 2.45) is 7.05 Å². The van der Waals surface area contributed by atoms with E-state index in [2.05, 4.69) is 19.8 Å². The molecule has 0 aliphatic rings. The van der Waals surface area contributed by atoms with Crippen molar-refractivity contribution in [2.75, 3.05) is 4.72 Å². The van der Waals surface area contributed by atoms with Crippen LogP contribution in [0.3, 0.4) is 0 Å². The van der Waals surface area contributed by atoms with Crippen LogP contribution in [0.2, 0.25) is 5.28 Å². The van der Waals surface area contributed by atoms with Gasteiger partial charge in [-0.15, -0.1) is 11.3 Å². The van der Waals surface area contributed by atoms with Gasteiger partial charge in [0.15, 0.2) is 10.8 Å². The van der Waals surface area contributed by atoms with Crippen LogP contribution in [0.15, 0.2) is 47.8 Å². The first-order chi connectivity index (χ1) is 15.5. The highest BCUT2D eigenvalue weighted by Crippen LogP contribution is 2.42. The van der Waals surface area contributed by atoms with Crippen molar-refractivity contribution in [1.29, 1.82) is 0 Å². The molecule has 1 N–H and O–H groups in total. The quantitative estimate of drug-likeness (QED) is 0.386. The zero-order valence-corrected chi connectivity index (χ0v) is 20.6. The summed E-state index contributed by atoms with van der Waals surface area (Å²) in [5, 5.41) is 4.60. The van der Waals surface area contributed by atoms with Gasteiger partial charge in [-0.3, -0.25) is 9.40 Å². The normalized spacial score (nSPS) is 12.2. The Kier molecular flexibility index (Phi) is 5.97. The average molecular weight is 507 g/mol. The minimum absolute atomic E-state index is 0.0577. The number of nitrogens with zero attached hydrogens (tertiary/aromatic N) is 5. The zero-order chi connectivity index (χ0) is 24.0. The van der Waals surface area contributed by atoms with E-state index in [1.807, 2.05) is 20.8 Å². The van der Waals surface area contributed by atoms with E-state index >= 15 is 4.39 Å². The molecule has 8 nitrogen and oxygen atoms in total. The fraction of sp³-hybridized carbons (Fsp3) is 0.238. The Morgan fingerprint density at radius 2 is 1.88 bits per heavy atom. The maximum absolute atomic E-state index is 15.7. The van der Waals surface area contributed by atoms with Crippen molar-refractivity contribution in [3.8, 4) is 21.8 Å². The Bertz CT molecular complexity index is 1440. The lowest BCUT2D eigenvalue weighted by Gasteiger charge is -2.13. The van der Waals surface area contributed by atoms with Crippen molar-refractivity contribution in [3.63, 3.8) is 0 Å². The van der Waals surface area contributed by atoms with Crippen LogP contribution in [-0.4, -0.2) is 33.2 Å². The third kappa shape index (κ3) is 4.61. The van der Waals surface area contributed by atoms with E-state index in [0.29, 0.717) is 16.3 Å². The summed E-state index contributed by atoms with van der Waals surface area (Å²) in [5.74, 6) is -0.754. The van der Waals surface area contributed by atoms with Gasteiger partial charge in [0.1, 0.15) is 0 Å². The molecule has 3 aromatic heterocycles. The van der Waals surface area contributed by atoms with Crippen LogP contribution in [0.5, 0.6) is 0 Å². The van der Waals surface area contributed by atoms with E-state index < -0.39 is 15.8 Å². The van der Waals surface area contributed by atoms with Gasteiger partial charge in [-0.05, 0) is 35.9 Å². The Balaban J connectivity index is 1.85. The molecule has 4 rings (SSSR count). The summed E-state index contributed by atoms with van der Waals surface area (Å²) in [7, 11) is -2.56. The van der Waals surface area contributed by atoms with Gasteiger partial charge in [0.2, 0.25) is 5.28 Å². The highest BCUT2D eigenvalue weighted by atomic mass is 35.5. The van der Waals surface area contributed by atoms with E-state index in [1.165, 1.54) is 47.6 Å². The van der Waals surface area contributed by atoms with E-state index in [0.717, 1.165) is 5.01 Å². The number of benzene rings is 1. The van der Waals surface area contributed by atoms with Gasteiger partial charge in [0.25, 0.3) is 10.0 Å². The molecule has 4 aromatic rings. The first-order valence-electron chi connectivity index (χ1n) is 9.77. The number of rotatable bonds is 5. The molecule has 0 aliphatic carbocycles. The SMILES string of the molecule is Cn1nccc1S(=O)(=O)Nc1cccc(-c2nc(C(C)(C)C)sc2-c2ccnc(Cl)n2)c1F. The minimum Gasteiger partial charge on any atom is -0.275 e. The third-order valence-corrected chi connectivity index (χ3v) is 7.80. The van der Waals surface area contributed by atoms with Gasteiger partial charge >= 0.3 is 0 Å². The van der Waals surface area contributed by atoms with Crippen molar-refractivity contribution in [2.45, 2.75) is 31.2 Å². The largest absolute Gasteiger partial charge is 0.279 e. The predicted molar refractivity (Wildman–Crippen MR) is 126 cm³/mol. The maximum atomic E-state index is 15.7. The number of halogens is 2. The summed E-state index contributed by atoms with van der Waals surface area (Å²) in [6.07, 6.45) is 2.86. The highest BCUT2D eigenvalue weighted by molar-refractivity contribution is 7.92. The smallest absolute Gasteiger partial charge is 0.275 e. The lowest BCUT2D eigenvalue weighted by molar-refractivity contribution is 0.580. The van der Waals surface area contributed by atoms with Crippen LogP contribution in [0, 0.1) is 5.82 Å². The Morgan fingerprint density at radius 1 is 1.12 bits per heavy atom. The predicted octanol–water partition coefficient (Wildman–Crippen LogP) is 4.89. The number of thiazole rings is 1. The molecular formula is C21H20ClFN6O2S2. The molecule has 172 valence electrons. The molecule has 1 aromatic carbocycles. The molecule has 3 heterocycles. The van der Waals surface area contributed by atoms with Gasteiger partial charge in [-0.1, -0.05) is 26.8 Å². The average Bonchev–Trinajstić information content (AvgIpc) is 3.36. The summed E-state index contributed by atoms with van der Waals surface area (Å²) >= 11 is 7.36. The van der Waals surface area contributed by atoms with Gasteiger partial charge in [-0.25, -0.2) is 19.3 Å². The molecule has 0 saturated heterocycles. The van der Waals surface area contributed by atoms with Gasteiger partial charge in [0, 0.05) is 24.2 Å². The van der Waals surface area contributed by atoms with E-state index in [-0.39, 0.29) is 27.0 Å². The number of aromatic nitrogens is 5. The second-order valence-corrected chi connectivity index (χ2v) is 11.2. The van der Waals surface area contributed by atoms with Crippen LogP contribution in [-0.2, 0) is 22.5 Å². The number of nitrogens with one attached hydrogen (secondary N) is 1. The standard InChI is InChI=1S/C21H20ClFN6O2S2/c1-21(2,3)19-27-17(18(32-19)14-8-10-24-20(22)26-14)12-6-5-7-13(16(12)23)28-33(30,31)15-9-11-25-29(15)4/h5-11,28H,1-4H3. The van der Waals surface area contributed by atoms with Crippen LogP contribution in [0.4, 0.5) is 10.1 Å². The zero-order valence-electron chi connectivity index (χ0n) is 18.2. The molecule has 0 spiro atoms. The molecule has 0 amide bonds. The summed E-state index contributed by atoms with van der Waals surface area (Å²) in [6, 6.07) is 7.46. The van der Waals surface area contributed by atoms with Crippen LogP contribution >= 0.6 is 22.9 Å². The Hall–Kier alpha value is -2.89. The van der Waals surface area contributed by atoms with Crippen LogP contribution in [0.1, 0.15) is 25.8 Å². The Labute approximate surface area is 199 Å². The first-order valence-corrected chi connectivity index (χ1v) is 12.4. The second-order valence-electron chi connectivity index (χ2n) is 8.22. The number of anilines is 1. The van der Waals surface area contributed by atoms with E-state index in [4.69, 9.17) is 16.6 Å². The molecule has 0 atom stereocenters. The van der Waals surface area contributed by atoms with Gasteiger partial charge < -0.3 is 0 Å². The lowest BCUT2D eigenvalue weighted by atomic mass is 9.98. The monoisotopic (exact) mass is 506 g/mol. The summed E-state index contributed by atoms with van der Waals surface area (Å²) in [6.45, 7) is 6.00.